The molecule has 2 saturated heterocycles. The van der Waals surface area contributed by atoms with E-state index >= 15 is 0 Å². The Morgan fingerprint density at radius 3 is 2.17 bits per heavy atom. The number of carbonyl (C=O) groups excluding carboxylic acids is 4. The van der Waals surface area contributed by atoms with Crippen LogP contribution in [-0.4, -0.2) is 76.3 Å². The predicted octanol–water partition coefficient (Wildman–Crippen LogP) is 3.14. The minimum absolute atomic E-state index is 0.0361. The summed E-state index contributed by atoms with van der Waals surface area (Å²) >= 11 is 0. The fourth-order valence-corrected chi connectivity index (χ4v) is 5.52. The van der Waals surface area contributed by atoms with Crippen molar-refractivity contribution >= 4 is 23.8 Å². The maximum Gasteiger partial charge on any atom is 0.328 e. The van der Waals surface area contributed by atoms with Crippen LogP contribution in [0.3, 0.4) is 0 Å². The largest absolute Gasteiger partial charge is 0.493 e. The quantitative estimate of drug-likeness (QED) is 0.272. The van der Waals surface area contributed by atoms with E-state index in [4.69, 9.17) is 28.4 Å². The summed E-state index contributed by atoms with van der Waals surface area (Å²) in [6.45, 7) is 0.772. The van der Waals surface area contributed by atoms with Crippen molar-refractivity contribution in [3.05, 3.63) is 47.5 Å². The van der Waals surface area contributed by atoms with Crippen molar-refractivity contribution in [2.75, 3.05) is 41.6 Å². The van der Waals surface area contributed by atoms with E-state index in [-0.39, 0.29) is 42.3 Å². The van der Waals surface area contributed by atoms with Crippen LogP contribution in [0.4, 0.5) is 0 Å². The van der Waals surface area contributed by atoms with Gasteiger partial charge in [0.25, 0.3) is 0 Å². The number of esters is 3. The Bertz CT molecular complexity index is 1310. The number of carbonyl (C=O) groups is 4. The molecule has 2 fully saturated rings. The number of hydrogen-bond acceptors (Lipinski definition) is 10. The number of ether oxygens (including phenoxy) is 6. The molecule has 2 aliphatic heterocycles. The SMILES string of the molecule is COC(=O)[C@@H]1CCCN1C(=O)CCC(=O)Oc1ccc(C[C@H]2C(=O)OC[C@@H]2Cc2ccc(OC)c(OC)c2)cc1OC. The van der Waals surface area contributed by atoms with Crippen molar-refractivity contribution < 1.29 is 47.6 Å². The molecule has 0 N–H and O–H groups in total. The van der Waals surface area contributed by atoms with Crippen molar-refractivity contribution in [1.82, 2.24) is 4.90 Å². The minimum Gasteiger partial charge on any atom is -0.493 e. The summed E-state index contributed by atoms with van der Waals surface area (Å²) < 4.78 is 31.9. The Balaban J connectivity index is 1.36. The summed E-state index contributed by atoms with van der Waals surface area (Å²) in [5.74, 6) is -0.201. The third-order valence-corrected chi connectivity index (χ3v) is 7.75. The molecule has 11 heteroatoms. The highest BCUT2D eigenvalue weighted by Crippen LogP contribution is 2.35. The number of cyclic esters (lactones) is 1. The average molecular weight is 584 g/mol. The van der Waals surface area contributed by atoms with Gasteiger partial charge in [-0.05, 0) is 61.1 Å². The van der Waals surface area contributed by atoms with E-state index in [0.29, 0.717) is 56.1 Å². The molecule has 0 bridgehead atoms. The van der Waals surface area contributed by atoms with Crippen molar-refractivity contribution in [3.8, 4) is 23.0 Å². The molecule has 2 heterocycles. The standard InChI is InChI=1S/C31H37NO10/c1-37-24-9-7-19(16-26(24)38-2)14-21-18-41-30(35)22(21)15-20-8-10-25(27(17-20)39-3)42-29(34)12-11-28(33)32-13-5-6-23(32)31(36)40-4/h7-10,16-17,21-23H,5-6,11-15,18H2,1-4H3/t21-,22+,23-/m0/s1. The lowest BCUT2D eigenvalue weighted by Crippen LogP contribution is -2.41. The number of hydrogen-bond donors (Lipinski definition) is 0. The molecule has 0 saturated carbocycles. The minimum atomic E-state index is -0.609. The van der Waals surface area contributed by atoms with E-state index in [1.807, 2.05) is 18.2 Å². The molecule has 2 aromatic carbocycles. The van der Waals surface area contributed by atoms with Gasteiger partial charge >= 0.3 is 17.9 Å². The highest BCUT2D eigenvalue weighted by Gasteiger charge is 2.37. The van der Waals surface area contributed by atoms with Crippen LogP contribution in [0.25, 0.3) is 0 Å². The first-order valence-electron chi connectivity index (χ1n) is 13.9. The zero-order valence-corrected chi connectivity index (χ0v) is 24.4. The van der Waals surface area contributed by atoms with Crippen molar-refractivity contribution in [2.45, 2.75) is 44.6 Å². The topological polar surface area (TPSA) is 127 Å². The van der Waals surface area contributed by atoms with E-state index in [1.165, 1.54) is 19.1 Å². The van der Waals surface area contributed by atoms with Gasteiger partial charge in [0.2, 0.25) is 5.91 Å². The first-order valence-corrected chi connectivity index (χ1v) is 13.9. The lowest BCUT2D eigenvalue weighted by Gasteiger charge is -2.22. The molecule has 2 aliphatic rings. The van der Waals surface area contributed by atoms with Gasteiger partial charge in [0.1, 0.15) is 6.04 Å². The highest BCUT2D eigenvalue weighted by molar-refractivity contribution is 5.87. The number of nitrogens with zero attached hydrogens (tertiary/aromatic N) is 1. The smallest absolute Gasteiger partial charge is 0.328 e. The van der Waals surface area contributed by atoms with Gasteiger partial charge in [-0.25, -0.2) is 4.79 Å². The zero-order chi connectivity index (χ0) is 30.2. The summed E-state index contributed by atoms with van der Waals surface area (Å²) in [5, 5.41) is 0. The average Bonchev–Trinajstić information content (AvgIpc) is 3.63. The molecular formula is C31H37NO10. The van der Waals surface area contributed by atoms with Gasteiger partial charge in [0.15, 0.2) is 23.0 Å². The number of likely N-dealkylation sites (tertiary alicyclic amines) is 1. The van der Waals surface area contributed by atoms with Gasteiger partial charge in [-0.2, -0.15) is 0 Å². The monoisotopic (exact) mass is 583 g/mol. The van der Waals surface area contributed by atoms with Gasteiger partial charge in [-0.1, -0.05) is 12.1 Å². The molecule has 0 radical (unpaired) electrons. The number of benzene rings is 2. The Morgan fingerprint density at radius 2 is 1.50 bits per heavy atom. The second-order valence-electron chi connectivity index (χ2n) is 10.3. The normalized spacial score (nSPS) is 19.7. The van der Waals surface area contributed by atoms with E-state index < -0.39 is 18.0 Å². The van der Waals surface area contributed by atoms with Gasteiger partial charge in [0, 0.05) is 18.9 Å². The number of amides is 1. The number of methoxy groups -OCH3 is 4. The molecule has 4 rings (SSSR count). The van der Waals surface area contributed by atoms with Crippen molar-refractivity contribution in [2.24, 2.45) is 11.8 Å². The first kappa shape index (κ1) is 30.7. The molecule has 42 heavy (non-hydrogen) atoms. The molecule has 0 aromatic heterocycles. The Hall–Kier alpha value is -4.28. The Kier molecular flexibility index (Phi) is 10.3. The summed E-state index contributed by atoms with van der Waals surface area (Å²) in [5.41, 5.74) is 1.83. The second-order valence-corrected chi connectivity index (χ2v) is 10.3. The molecular weight excluding hydrogens is 546 g/mol. The summed E-state index contributed by atoms with van der Waals surface area (Å²) in [6, 6.07) is 10.2. The maximum absolute atomic E-state index is 12.6. The molecule has 226 valence electrons. The van der Waals surface area contributed by atoms with Crippen LogP contribution in [0.1, 0.15) is 36.8 Å². The van der Waals surface area contributed by atoms with Crippen LogP contribution in [0, 0.1) is 11.8 Å². The number of rotatable bonds is 12. The summed E-state index contributed by atoms with van der Waals surface area (Å²) in [4.78, 5) is 51.2. The lowest BCUT2D eigenvalue weighted by atomic mass is 9.85. The molecule has 11 nitrogen and oxygen atoms in total. The van der Waals surface area contributed by atoms with Gasteiger partial charge in [-0.3, -0.25) is 14.4 Å². The van der Waals surface area contributed by atoms with Gasteiger partial charge in [-0.15, -0.1) is 0 Å². The van der Waals surface area contributed by atoms with E-state index in [1.54, 1.807) is 32.4 Å². The zero-order valence-electron chi connectivity index (χ0n) is 24.4. The van der Waals surface area contributed by atoms with Crippen LogP contribution in [0.5, 0.6) is 23.0 Å². The molecule has 0 unspecified atom stereocenters. The fraction of sp³-hybridized carbons (Fsp3) is 0.484. The van der Waals surface area contributed by atoms with Crippen LogP contribution in [0.2, 0.25) is 0 Å². The van der Waals surface area contributed by atoms with Crippen LogP contribution in [-0.2, 0) is 41.5 Å². The van der Waals surface area contributed by atoms with Crippen LogP contribution in [0.15, 0.2) is 36.4 Å². The summed E-state index contributed by atoms with van der Waals surface area (Å²) in [6.07, 6.45) is 2.06. The van der Waals surface area contributed by atoms with Crippen LogP contribution >= 0.6 is 0 Å². The molecule has 3 atom stereocenters. The van der Waals surface area contributed by atoms with Crippen molar-refractivity contribution in [3.63, 3.8) is 0 Å². The highest BCUT2D eigenvalue weighted by atomic mass is 16.6. The lowest BCUT2D eigenvalue weighted by molar-refractivity contribution is -0.151. The van der Waals surface area contributed by atoms with E-state index in [9.17, 15) is 19.2 Å². The fourth-order valence-electron chi connectivity index (χ4n) is 5.52. The Labute approximate surface area is 244 Å². The van der Waals surface area contributed by atoms with Gasteiger partial charge < -0.3 is 33.3 Å². The van der Waals surface area contributed by atoms with Crippen molar-refractivity contribution in [1.29, 1.82) is 0 Å². The first-order chi connectivity index (χ1) is 20.3. The molecule has 1 amide bonds. The van der Waals surface area contributed by atoms with E-state index in [2.05, 4.69) is 0 Å². The third kappa shape index (κ3) is 7.13. The molecule has 0 aliphatic carbocycles. The Morgan fingerprint density at radius 1 is 0.857 bits per heavy atom. The third-order valence-electron chi connectivity index (χ3n) is 7.75. The summed E-state index contributed by atoms with van der Waals surface area (Å²) in [7, 11) is 5.91. The maximum atomic E-state index is 12.6. The van der Waals surface area contributed by atoms with Gasteiger partial charge in [0.05, 0.1) is 47.4 Å². The predicted molar refractivity (Wildman–Crippen MR) is 150 cm³/mol. The second kappa shape index (κ2) is 14.1. The molecule has 2 aromatic rings. The van der Waals surface area contributed by atoms with E-state index in [0.717, 1.165) is 11.1 Å². The molecule has 0 spiro atoms. The van der Waals surface area contributed by atoms with Crippen LogP contribution < -0.4 is 18.9 Å².